The summed E-state index contributed by atoms with van der Waals surface area (Å²) in [7, 11) is 0. The molecule has 1 atom stereocenters. The van der Waals surface area contributed by atoms with E-state index in [0.29, 0.717) is 16.7 Å². The quantitative estimate of drug-likeness (QED) is 0.648. The fraction of sp³-hybridized carbons (Fsp3) is 0.188. The highest BCUT2D eigenvalue weighted by Crippen LogP contribution is 2.25. The smallest absolute Gasteiger partial charge is 0.246 e. The second-order valence-electron chi connectivity index (χ2n) is 4.92. The highest BCUT2D eigenvalue weighted by molar-refractivity contribution is 8.00. The summed E-state index contributed by atoms with van der Waals surface area (Å²) in [6.45, 7) is 2.06. The van der Waals surface area contributed by atoms with E-state index in [9.17, 15) is 4.79 Å². The van der Waals surface area contributed by atoms with Gasteiger partial charge in [-0.25, -0.2) is 0 Å². The number of benzene rings is 1. The molecule has 124 valence electrons. The maximum atomic E-state index is 12.2. The standard InChI is InChI=1S/C16H14ClN3O2S2/c1-10(24-12-6-4-11(17)5-7-12)16(21)18-9-14-19-15(20-22-14)13-3-2-8-23-13/h2-8,10H,9H2,1H3,(H,18,21). The molecule has 0 saturated heterocycles. The van der Waals surface area contributed by atoms with Gasteiger partial charge < -0.3 is 9.84 Å². The Morgan fingerprint density at radius 2 is 2.17 bits per heavy atom. The predicted octanol–water partition coefficient (Wildman–Crippen LogP) is 4.25. The Kier molecular flexibility index (Phi) is 5.55. The van der Waals surface area contributed by atoms with Gasteiger partial charge in [0.15, 0.2) is 0 Å². The van der Waals surface area contributed by atoms with E-state index >= 15 is 0 Å². The third kappa shape index (κ3) is 4.37. The first-order chi connectivity index (χ1) is 11.6. The Labute approximate surface area is 152 Å². The van der Waals surface area contributed by atoms with Crippen LogP contribution in [0.25, 0.3) is 10.7 Å². The zero-order valence-corrected chi connectivity index (χ0v) is 15.1. The van der Waals surface area contributed by atoms with Gasteiger partial charge in [-0.15, -0.1) is 23.1 Å². The van der Waals surface area contributed by atoms with Gasteiger partial charge in [-0.1, -0.05) is 22.8 Å². The lowest BCUT2D eigenvalue weighted by Gasteiger charge is -2.10. The van der Waals surface area contributed by atoms with E-state index in [1.54, 1.807) is 12.1 Å². The average Bonchev–Trinajstić information content (AvgIpc) is 3.25. The van der Waals surface area contributed by atoms with Crippen LogP contribution in [0.3, 0.4) is 0 Å². The number of thioether (sulfide) groups is 1. The number of nitrogens with zero attached hydrogens (tertiary/aromatic N) is 2. The number of hydrogen-bond donors (Lipinski definition) is 1. The molecule has 0 bridgehead atoms. The van der Waals surface area contributed by atoms with Crippen LogP contribution in [0.2, 0.25) is 5.02 Å². The summed E-state index contributed by atoms with van der Waals surface area (Å²) in [5, 5.41) is 9.10. The molecule has 3 aromatic rings. The summed E-state index contributed by atoms with van der Waals surface area (Å²) in [5.74, 6) is 0.833. The van der Waals surface area contributed by atoms with Crippen molar-refractivity contribution >= 4 is 40.6 Å². The van der Waals surface area contributed by atoms with Gasteiger partial charge >= 0.3 is 0 Å². The minimum atomic E-state index is -0.245. The lowest BCUT2D eigenvalue weighted by molar-refractivity contribution is -0.120. The number of carbonyl (C=O) groups excluding carboxylic acids is 1. The van der Waals surface area contributed by atoms with Gasteiger partial charge in [0.25, 0.3) is 0 Å². The average molecular weight is 380 g/mol. The summed E-state index contributed by atoms with van der Waals surface area (Å²) in [4.78, 5) is 18.4. The molecule has 0 fully saturated rings. The lowest BCUT2D eigenvalue weighted by atomic mass is 10.4. The fourth-order valence-electron chi connectivity index (χ4n) is 1.91. The fourth-order valence-corrected chi connectivity index (χ4v) is 3.58. The molecule has 0 saturated carbocycles. The number of carbonyl (C=O) groups is 1. The van der Waals surface area contributed by atoms with Crippen LogP contribution in [-0.4, -0.2) is 21.3 Å². The normalized spacial score (nSPS) is 12.1. The van der Waals surface area contributed by atoms with Crippen LogP contribution in [0.5, 0.6) is 0 Å². The number of aromatic nitrogens is 2. The van der Waals surface area contributed by atoms with Crippen LogP contribution in [0.15, 0.2) is 51.2 Å². The Hall–Kier alpha value is -1.83. The topological polar surface area (TPSA) is 68.0 Å². The summed E-state index contributed by atoms with van der Waals surface area (Å²) in [5.41, 5.74) is 0. The molecule has 0 aliphatic carbocycles. The van der Waals surface area contributed by atoms with Crippen LogP contribution in [0, 0.1) is 0 Å². The number of thiophene rings is 1. The van der Waals surface area contributed by atoms with E-state index in [2.05, 4.69) is 15.5 Å². The van der Waals surface area contributed by atoms with Crippen LogP contribution in [0.1, 0.15) is 12.8 Å². The molecule has 24 heavy (non-hydrogen) atoms. The second-order valence-corrected chi connectivity index (χ2v) is 7.72. The van der Waals surface area contributed by atoms with Crippen LogP contribution >= 0.6 is 34.7 Å². The van der Waals surface area contributed by atoms with Crippen LogP contribution < -0.4 is 5.32 Å². The summed E-state index contributed by atoms with van der Waals surface area (Å²) >= 11 is 8.86. The molecule has 1 unspecified atom stereocenters. The lowest BCUT2D eigenvalue weighted by Crippen LogP contribution is -2.30. The van der Waals surface area contributed by atoms with Gasteiger partial charge in [0.05, 0.1) is 16.7 Å². The molecular formula is C16H14ClN3O2S2. The number of amides is 1. The van der Waals surface area contributed by atoms with Gasteiger partial charge in [-0.2, -0.15) is 4.98 Å². The minimum absolute atomic E-state index is 0.0918. The molecular weight excluding hydrogens is 366 g/mol. The third-order valence-corrected chi connectivity index (χ3v) is 5.35. The van der Waals surface area contributed by atoms with Crippen molar-refractivity contribution in [3.63, 3.8) is 0 Å². The largest absolute Gasteiger partial charge is 0.346 e. The maximum absolute atomic E-state index is 12.2. The highest BCUT2D eigenvalue weighted by Gasteiger charge is 2.16. The van der Waals surface area contributed by atoms with Crippen molar-refractivity contribution in [3.05, 3.63) is 52.7 Å². The van der Waals surface area contributed by atoms with Crippen LogP contribution in [0.4, 0.5) is 0 Å². The third-order valence-electron chi connectivity index (χ3n) is 3.12. The number of rotatable bonds is 6. The van der Waals surface area contributed by atoms with Crippen molar-refractivity contribution in [2.24, 2.45) is 0 Å². The second kappa shape index (κ2) is 7.83. The van der Waals surface area contributed by atoms with Gasteiger partial charge in [0.1, 0.15) is 0 Å². The molecule has 0 radical (unpaired) electrons. The van der Waals surface area contributed by atoms with Crippen LogP contribution in [-0.2, 0) is 11.3 Å². The van der Waals surface area contributed by atoms with Crippen molar-refractivity contribution < 1.29 is 9.32 Å². The summed E-state index contributed by atoms with van der Waals surface area (Å²) < 4.78 is 5.16. The van der Waals surface area contributed by atoms with E-state index < -0.39 is 0 Å². The molecule has 1 aromatic carbocycles. The van der Waals surface area contributed by atoms with E-state index in [1.165, 1.54) is 23.1 Å². The van der Waals surface area contributed by atoms with E-state index in [0.717, 1.165) is 9.77 Å². The summed E-state index contributed by atoms with van der Waals surface area (Å²) in [6, 6.07) is 11.2. The maximum Gasteiger partial charge on any atom is 0.246 e. The molecule has 2 heterocycles. The van der Waals surface area contributed by atoms with Crippen molar-refractivity contribution in [1.29, 1.82) is 0 Å². The van der Waals surface area contributed by atoms with Gasteiger partial charge in [-0.3, -0.25) is 4.79 Å². The Bertz CT molecular complexity index is 803. The van der Waals surface area contributed by atoms with E-state index in [4.69, 9.17) is 16.1 Å². The van der Waals surface area contributed by atoms with Gasteiger partial charge in [-0.05, 0) is 42.6 Å². The molecule has 8 heteroatoms. The monoisotopic (exact) mass is 379 g/mol. The molecule has 3 rings (SSSR count). The molecule has 2 aromatic heterocycles. The molecule has 0 aliphatic heterocycles. The predicted molar refractivity (Wildman–Crippen MR) is 96.2 cm³/mol. The number of nitrogens with one attached hydrogen (secondary N) is 1. The van der Waals surface area contributed by atoms with Crippen molar-refractivity contribution in [2.75, 3.05) is 0 Å². The molecule has 1 N–H and O–H groups in total. The zero-order chi connectivity index (χ0) is 16.9. The van der Waals surface area contributed by atoms with E-state index in [-0.39, 0.29) is 17.7 Å². The highest BCUT2D eigenvalue weighted by atomic mass is 35.5. The number of halogens is 1. The Morgan fingerprint density at radius 3 is 2.88 bits per heavy atom. The summed E-state index contributed by atoms with van der Waals surface area (Å²) in [6.07, 6.45) is 0. The first-order valence-electron chi connectivity index (χ1n) is 7.18. The van der Waals surface area contributed by atoms with Gasteiger partial charge in [0.2, 0.25) is 17.6 Å². The van der Waals surface area contributed by atoms with Crippen molar-refractivity contribution in [3.8, 4) is 10.7 Å². The van der Waals surface area contributed by atoms with Crippen molar-refractivity contribution in [1.82, 2.24) is 15.5 Å². The Morgan fingerprint density at radius 1 is 1.38 bits per heavy atom. The van der Waals surface area contributed by atoms with Crippen molar-refractivity contribution in [2.45, 2.75) is 23.6 Å². The Balaban J connectivity index is 1.52. The molecule has 0 aliphatic rings. The molecule has 1 amide bonds. The van der Waals surface area contributed by atoms with Gasteiger partial charge in [0, 0.05) is 9.92 Å². The first-order valence-corrected chi connectivity index (χ1v) is 9.32. The molecule has 5 nitrogen and oxygen atoms in total. The molecule has 0 spiro atoms. The SMILES string of the molecule is CC(Sc1ccc(Cl)cc1)C(=O)NCc1nc(-c2cccs2)no1. The minimum Gasteiger partial charge on any atom is -0.346 e. The first kappa shape index (κ1) is 17.0. The zero-order valence-electron chi connectivity index (χ0n) is 12.7. The van der Waals surface area contributed by atoms with E-state index in [1.807, 2.05) is 36.6 Å². The number of hydrogen-bond acceptors (Lipinski definition) is 6.